The molecule has 0 aromatic carbocycles. The van der Waals surface area contributed by atoms with Gasteiger partial charge in [0.2, 0.25) is 5.91 Å². The maximum atomic E-state index is 13.4. The number of carbonyl (C=O) groups is 1. The quantitative estimate of drug-likeness (QED) is 0.0199. The van der Waals surface area contributed by atoms with Crippen molar-refractivity contribution in [2.75, 3.05) is 26.4 Å². The lowest BCUT2D eigenvalue weighted by atomic mass is 9.96. The third-order valence-electron chi connectivity index (χ3n) is 18.9. The highest BCUT2D eigenvalue weighted by Crippen LogP contribution is 2.33. The Morgan fingerprint density at radius 2 is 0.714 bits per heavy atom. The van der Waals surface area contributed by atoms with Crippen LogP contribution in [0.3, 0.4) is 0 Å². The molecule has 17 atom stereocenters. The molecule has 98 heavy (non-hydrogen) atoms. The molecule has 3 saturated heterocycles. The Balaban J connectivity index is 1.27. The minimum absolute atomic E-state index is 0.236. The smallest absolute Gasteiger partial charge is 0.220 e. The number of aliphatic hydroxyl groups is 11. The Morgan fingerprint density at radius 3 is 1.14 bits per heavy atom. The fraction of sp³-hybridized carbons (Fsp3) is 0.810. The molecular formula is C79H139NO18. The number of ether oxygens (including phenoxy) is 6. The van der Waals surface area contributed by atoms with Crippen LogP contribution >= 0.6 is 0 Å². The van der Waals surface area contributed by atoms with Crippen molar-refractivity contribution in [3.05, 3.63) is 85.1 Å². The Kier molecular flexibility index (Phi) is 54.0. The van der Waals surface area contributed by atoms with Crippen molar-refractivity contribution in [2.24, 2.45) is 0 Å². The van der Waals surface area contributed by atoms with Crippen LogP contribution in [0.25, 0.3) is 0 Å². The molecule has 17 unspecified atom stereocenters. The lowest BCUT2D eigenvalue weighted by Gasteiger charge is -2.48. The fourth-order valence-electron chi connectivity index (χ4n) is 12.7. The van der Waals surface area contributed by atoms with E-state index in [-0.39, 0.29) is 18.9 Å². The maximum absolute atomic E-state index is 13.4. The molecule has 1 amide bonds. The van der Waals surface area contributed by atoms with Crippen LogP contribution in [0.1, 0.15) is 277 Å². The third kappa shape index (κ3) is 39.6. The molecule has 0 saturated carbocycles. The molecule has 0 spiro atoms. The zero-order chi connectivity index (χ0) is 71.1. The zero-order valence-corrected chi connectivity index (χ0v) is 60.5. The second-order valence-corrected chi connectivity index (χ2v) is 27.4. The van der Waals surface area contributed by atoms with Crippen LogP contribution in [-0.4, -0.2) is 193 Å². The molecule has 12 N–H and O–H groups in total. The molecule has 0 radical (unpaired) electrons. The van der Waals surface area contributed by atoms with Crippen molar-refractivity contribution in [3.8, 4) is 0 Å². The highest BCUT2D eigenvalue weighted by atomic mass is 16.8. The summed E-state index contributed by atoms with van der Waals surface area (Å²) in [7, 11) is 0. The van der Waals surface area contributed by atoms with E-state index in [1.54, 1.807) is 6.08 Å². The van der Waals surface area contributed by atoms with E-state index < -0.39 is 124 Å². The molecule has 3 heterocycles. The molecule has 19 nitrogen and oxygen atoms in total. The van der Waals surface area contributed by atoms with E-state index in [0.717, 1.165) is 70.6 Å². The van der Waals surface area contributed by atoms with Crippen LogP contribution < -0.4 is 5.32 Å². The van der Waals surface area contributed by atoms with Crippen molar-refractivity contribution >= 4 is 5.91 Å². The van der Waals surface area contributed by atoms with E-state index in [1.165, 1.54) is 173 Å². The summed E-state index contributed by atoms with van der Waals surface area (Å²) >= 11 is 0. The van der Waals surface area contributed by atoms with E-state index in [2.05, 4.69) is 92.1 Å². The predicted molar refractivity (Wildman–Crippen MR) is 388 cm³/mol. The van der Waals surface area contributed by atoms with E-state index in [4.69, 9.17) is 28.4 Å². The molecule has 0 aliphatic carbocycles. The fourth-order valence-corrected chi connectivity index (χ4v) is 12.7. The maximum Gasteiger partial charge on any atom is 0.220 e. The van der Waals surface area contributed by atoms with Gasteiger partial charge in [0.15, 0.2) is 18.9 Å². The summed E-state index contributed by atoms with van der Waals surface area (Å²) in [6.07, 6.45) is 51.9. The lowest BCUT2D eigenvalue weighted by Crippen LogP contribution is -2.66. The SMILES string of the molecule is CC/C=C\C/C=C\C/C=C\C/C=C\C/C=C\CCCCCCCCCCCCCCCCCCCCCCCCCCCC(=O)NC(COC1OC(CO)C(OC2OC(CO)C(OC3OC(CO)C(O)C(O)C3O)C(O)C2O)C(O)C1O)C(O)/C=C/CC/C=C/CCCCCCCC. The number of hydrogen-bond donors (Lipinski definition) is 12. The summed E-state index contributed by atoms with van der Waals surface area (Å²) in [6, 6.07) is -0.990. The van der Waals surface area contributed by atoms with Gasteiger partial charge in [0.05, 0.1) is 38.6 Å². The number of carbonyl (C=O) groups excluding carboxylic acids is 1. The Hall–Kier alpha value is -3.03. The number of allylic oxidation sites excluding steroid dienone is 13. The number of rotatable bonds is 60. The molecule has 3 aliphatic rings. The molecule has 0 aromatic rings. The second-order valence-electron chi connectivity index (χ2n) is 27.4. The van der Waals surface area contributed by atoms with Gasteiger partial charge in [-0.05, 0) is 77.0 Å². The van der Waals surface area contributed by atoms with Crippen LogP contribution in [0.5, 0.6) is 0 Å². The number of unbranched alkanes of at least 4 members (excludes halogenated alkanes) is 32. The van der Waals surface area contributed by atoms with Crippen molar-refractivity contribution in [1.29, 1.82) is 0 Å². The van der Waals surface area contributed by atoms with Crippen LogP contribution in [0.4, 0.5) is 0 Å². The van der Waals surface area contributed by atoms with E-state index in [1.807, 2.05) is 6.08 Å². The summed E-state index contributed by atoms with van der Waals surface area (Å²) in [5, 5.41) is 120. The second kappa shape index (κ2) is 59.4. The van der Waals surface area contributed by atoms with Gasteiger partial charge >= 0.3 is 0 Å². The highest BCUT2D eigenvalue weighted by molar-refractivity contribution is 5.76. The first-order valence-corrected chi connectivity index (χ1v) is 38.8. The van der Waals surface area contributed by atoms with Gasteiger partial charge in [0.25, 0.3) is 0 Å². The molecular weight excluding hydrogens is 1250 g/mol. The van der Waals surface area contributed by atoms with Gasteiger partial charge < -0.3 is 89.9 Å². The molecule has 3 rings (SSSR count). The minimum atomic E-state index is -1.98. The van der Waals surface area contributed by atoms with Gasteiger partial charge in [-0.25, -0.2) is 0 Å². The Bertz CT molecular complexity index is 2100. The largest absolute Gasteiger partial charge is 0.394 e. The van der Waals surface area contributed by atoms with Crippen LogP contribution in [0.2, 0.25) is 0 Å². The first-order valence-electron chi connectivity index (χ1n) is 38.8. The highest BCUT2D eigenvalue weighted by Gasteiger charge is 2.53. The van der Waals surface area contributed by atoms with Crippen LogP contribution in [0, 0.1) is 0 Å². The van der Waals surface area contributed by atoms with Crippen LogP contribution in [-0.2, 0) is 33.2 Å². The van der Waals surface area contributed by atoms with Gasteiger partial charge in [0.1, 0.15) is 73.2 Å². The summed E-state index contributed by atoms with van der Waals surface area (Å²) < 4.78 is 34.3. The molecule has 19 heteroatoms. The number of nitrogens with one attached hydrogen (secondary N) is 1. The molecule has 0 bridgehead atoms. The molecule has 3 fully saturated rings. The lowest BCUT2D eigenvalue weighted by molar-refractivity contribution is -0.379. The minimum Gasteiger partial charge on any atom is -0.394 e. The number of hydrogen-bond acceptors (Lipinski definition) is 18. The van der Waals surface area contributed by atoms with Crippen LogP contribution in [0.15, 0.2) is 85.1 Å². The molecule has 568 valence electrons. The summed E-state index contributed by atoms with van der Waals surface area (Å²) in [5.41, 5.74) is 0. The number of amides is 1. The van der Waals surface area contributed by atoms with Crippen molar-refractivity contribution in [2.45, 2.75) is 381 Å². The first kappa shape index (κ1) is 89.2. The van der Waals surface area contributed by atoms with Gasteiger partial charge in [-0.15, -0.1) is 0 Å². The predicted octanol–water partition coefficient (Wildman–Crippen LogP) is 12.2. The Morgan fingerprint density at radius 1 is 0.378 bits per heavy atom. The monoisotopic (exact) mass is 1390 g/mol. The van der Waals surface area contributed by atoms with Gasteiger partial charge in [0, 0.05) is 6.42 Å². The van der Waals surface area contributed by atoms with Gasteiger partial charge in [-0.1, -0.05) is 279 Å². The standard InChI is InChI=1S/C79H139NO18/c1-3-5-7-9-11-13-15-17-18-19-20-21-22-23-24-25-26-27-28-29-30-31-32-33-34-35-36-37-38-39-40-41-42-43-44-45-47-49-51-53-55-57-67(85)80-62(63(84)56-54-52-50-48-46-16-14-12-10-8-6-4-2)61-93-77-73(91)70(88)75(65(59-82)95-77)98-79-74(92)71(89)76(66(60-83)96-79)97-78-72(90)69(87)68(86)64(58-81)94-78/h5,7,11,13,17-18,20-21,23-24,46,48,54,56,62-66,68-79,81-84,86-92H,3-4,6,8-10,12,14-16,19,22,25-45,47,49-53,55,57-61H2,1-2H3,(H,80,85)/b7-5-,13-11-,18-17-,21-20-,24-23-,48-46+,56-54+. The van der Waals surface area contributed by atoms with E-state index in [9.17, 15) is 61.0 Å². The van der Waals surface area contributed by atoms with Crippen molar-refractivity contribution < 1.29 is 89.4 Å². The van der Waals surface area contributed by atoms with Gasteiger partial charge in [-0.2, -0.15) is 0 Å². The topological polar surface area (TPSA) is 307 Å². The molecule has 3 aliphatic heterocycles. The normalized spacial score (nSPS) is 27.2. The summed E-state index contributed by atoms with van der Waals surface area (Å²) in [5.74, 6) is -0.284. The van der Waals surface area contributed by atoms with E-state index >= 15 is 0 Å². The summed E-state index contributed by atoms with van der Waals surface area (Å²) in [4.78, 5) is 13.4. The Labute approximate surface area is 590 Å². The average Bonchev–Trinajstić information content (AvgIpc) is 0.785. The average molecular weight is 1390 g/mol. The zero-order valence-electron chi connectivity index (χ0n) is 60.5. The number of aliphatic hydroxyl groups excluding tert-OH is 11. The van der Waals surface area contributed by atoms with Crippen molar-refractivity contribution in [3.63, 3.8) is 0 Å². The first-order chi connectivity index (χ1) is 47.8. The molecule has 0 aromatic heterocycles. The summed E-state index contributed by atoms with van der Waals surface area (Å²) in [6.45, 7) is 1.58. The van der Waals surface area contributed by atoms with E-state index in [0.29, 0.717) is 12.8 Å². The van der Waals surface area contributed by atoms with Gasteiger partial charge in [-0.3, -0.25) is 4.79 Å². The van der Waals surface area contributed by atoms with Crippen molar-refractivity contribution in [1.82, 2.24) is 5.32 Å². The third-order valence-corrected chi connectivity index (χ3v) is 18.9.